The molecule has 2 unspecified atom stereocenters. The minimum atomic E-state index is -4.95. The molecule has 0 aliphatic rings. The molecular formula is C72H140O17P2. The van der Waals surface area contributed by atoms with Crippen LogP contribution < -0.4 is 0 Å². The van der Waals surface area contributed by atoms with Crippen molar-refractivity contribution in [3.05, 3.63) is 0 Å². The van der Waals surface area contributed by atoms with Gasteiger partial charge in [-0.1, -0.05) is 329 Å². The number of rotatable bonds is 73. The number of hydrogen-bond donors (Lipinski definition) is 3. The smallest absolute Gasteiger partial charge is 0.462 e. The molecule has 0 fully saturated rings. The molecule has 17 nitrogen and oxygen atoms in total. The van der Waals surface area contributed by atoms with Crippen LogP contribution in [0.1, 0.15) is 381 Å². The standard InChI is InChI=1S/C72H140O17P2/c1-5-9-13-17-21-25-28-30-32-33-34-35-36-38-40-43-47-51-55-59-72(77)89-68(63-83-70(75)57-53-49-45-42-39-37-31-29-26-22-18-14-10-6-2)65-87-91(80,81)85-61-66(73)60-84-90(78,79)86-64-67(62-82-69(74)56-52-48-44-24-20-16-12-8-4)88-71(76)58-54-50-46-41-27-23-19-15-11-7-3/h66-68,73H,5-65H2,1-4H3,(H,78,79)(H,80,81)/t66-,67+,68+/m0/s1. The molecule has 540 valence electrons. The summed E-state index contributed by atoms with van der Waals surface area (Å²) in [6, 6.07) is 0. The summed E-state index contributed by atoms with van der Waals surface area (Å²) in [5, 5.41) is 10.6. The summed E-state index contributed by atoms with van der Waals surface area (Å²) >= 11 is 0. The monoisotopic (exact) mass is 1340 g/mol. The van der Waals surface area contributed by atoms with Crippen molar-refractivity contribution >= 4 is 39.5 Å². The molecule has 0 aromatic rings. The first-order valence-corrected chi connectivity index (χ1v) is 40.8. The Morgan fingerprint density at radius 2 is 0.440 bits per heavy atom. The van der Waals surface area contributed by atoms with E-state index in [4.69, 9.17) is 37.0 Å². The maximum absolute atomic E-state index is 13.0. The van der Waals surface area contributed by atoms with E-state index >= 15 is 0 Å². The number of hydrogen-bond acceptors (Lipinski definition) is 15. The molecule has 0 aliphatic heterocycles. The number of carbonyl (C=O) groups is 4. The first kappa shape index (κ1) is 89.1. The van der Waals surface area contributed by atoms with Gasteiger partial charge >= 0.3 is 39.5 Å². The van der Waals surface area contributed by atoms with E-state index in [0.29, 0.717) is 25.7 Å². The van der Waals surface area contributed by atoms with Crippen LogP contribution in [-0.4, -0.2) is 96.7 Å². The number of unbranched alkanes of at least 4 members (excludes halogenated alkanes) is 47. The van der Waals surface area contributed by atoms with Crippen LogP contribution in [0.25, 0.3) is 0 Å². The third kappa shape index (κ3) is 66.5. The Labute approximate surface area is 556 Å². The van der Waals surface area contributed by atoms with E-state index in [1.54, 1.807) is 0 Å². The highest BCUT2D eigenvalue weighted by Crippen LogP contribution is 2.45. The highest BCUT2D eigenvalue weighted by atomic mass is 31.2. The quantitative estimate of drug-likeness (QED) is 0.0222. The average Bonchev–Trinajstić information content (AvgIpc) is 3.51. The fourth-order valence-corrected chi connectivity index (χ4v) is 12.6. The van der Waals surface area contributed by atoms with Crippen molar-refractivity contribution in [2.75, 3.05) is 39.6 Å². The van der Waals surface area contributed by atoms with Crippen LogP contribution >= 0.6 is 15.6 Å². The fraction of sp³-hybridized carbons (Fsp3) is 0.944. The Balaban J connectivity index is 5.18. The second-order valence-electron chi connectivity index (χ2n) is 26.0. The molecule has 0 radical (unpaired) electrons. The normalized spacial score (nSPS) is 14.0. The molecule has 0 spiro atoms. The third-order valence-electron chi connectivity index (χ3n) is 16.9. The van der Waals surface area contributed by atoms with Crippen molar-refractivity contribution in [2.24, 2.45) is 0 Å². The Bertz CT molecular complexity index is 1740. The first-order chi connectivity index (χ1) is 44.2. The summed E-state index contributed by atoms with van der Waals surface area (Å²) in [5.74, 6) is -2.12. The summed E-state index contributed by atoms with van der Waals surface area (Å²) in [4.78, 5) is 72.5. The van der Waals surface area contributed by atoms with E-state index in [1.165, 1.54) is 205 Å². The lowest BCUT2D eigenvalue weighted by Crippen LogP contribution is -2.30. The molecule has 0 aliphatic carbocycles. The molecule has 0 rings (SSSR count). The number of phosphoric acid groups is 2. The molecule has 0 bridgehead atoms. The van der Waals surface area contributed by atoms with Crippen LogP contribution in [0.15, 0.2) is 0 Å². The molecule has 91 heavy (non-hydrogen) atoms. The minimum Gasteiger partial charge on any atom is -0.462 e. The van der Waals surface area contributed by atoms with Gasteiger partial charge in [-0.3, -0.25) is 37.3 Å². The van der Waals surface area contributed by atoms with Gasteiger partial charge in [-0.2, -0.15) is 0 Å². The summed E-state index contributed by atoms with van der Waals surface area (Å²) in [6.07, 6.45) is 55.5. The van der Waals surface area contributed by atoms with E-state index in [-0.39, 0.29) is 25.7 Å². The number of aliphatic hydroxyl groups is 1. The van der Waals surface area contributed by atoms with Gasteiger partial charge in [0.1, 0.15) is 19.3 Å². The van der Waals surface area contributed by atoms with Crippen molar-refractivity contribution in [3.8, 4) is 0 Å². The Morgan fingerprint density at radius 3 is 0.648 bits per heavy atom. The molecule has 0 heterocycles. The topological polar surface area (TPSA) is 237 Å². The highest BCUT2D eigenvalue weighted by molar-refractivity contribution is 7.47. The largest absolute Gasteiger partial charge is 0.472 e. The van der Waals surface area contributed by atoms with Crippen LogP contribution in [0.2, 0.25) is 0 Å². The van der Waals surface area contributed by atoms with E-state index in [9.17, 15) is 43.2 Å². The van der Waals surface area contributed by atoms with Crippen LogP contribution in [-0.2, 0) is 65.4 Å². The van der Waals surface area contributed by atoms with Crippen molar-refractivity contribution < 1.29 is 80.2 Å². The number of aliphatic hydroxyl groups excluding tert-OH is 1. The van der Waals surface area contributed by atoms with E-state index in [0.717, 1.165) is 96.3 Å². The molecule has 5 atom stereocenters. The summed E-state index contributed by atoms with van der Waals surface area (Å²) in [7, 11) is -9.89. The lowest BCUT2D eigenvalue weighted by molar-refractivity contribution is -0.161. The Kier molecular flexibility index (Phi) is 65.2. The van der Waals surface area contributed by atoms with Crippen molar-refractivity contribution in [1.82, 2.24) is 0 Å². The zero-order valence-electron chi connectivity index (χ0n) is 58.8. The molecule has 0 amide bonds. The number of ether oxygens (including phenoxy) is 4. The molecule has 0 aromatic heterocycles. The SMILES string of the molecule is CCCCCCCCCCCCCCCCCCCCCC(=O)O[C@H](COC(=O)CCCCCCCCCCCCCCCC)COP(=O)(O)OC[C@@H](O)COP(=O)(O)OC[C@@H](COC(=O)CCCCCCCCCC)OC(=O)CCCCCCCCCCCC. The maximum atomic E-state index is 13.0. The third-order valence-corrected chi connectivity index (χ3v) is 18.8. The summed E-state index contributed by atoms with van der Waals surface area (Å²) < 4.78 is 68.3. The fourth-order valence-electron chi connectivity index (χ4n) is 11.0. The molecule has 0 saturated carbocycles. The van der Waals surface area contributed by atoms with Gasteiger partial charge in [-0.15, -0.1) is 0 Å². The van der Waals surface area contributed by atoms with E-state index in [2.05, 4.69) is 27.7 Å². The van der Waals surface area contributed by atoms with Gasteiger partial charge in [0, 0.05) is 25.7 Å². The van der Waals surface area contributed by atoms with Crippen molar-refractivity contribution in [2.45, 2.75) is 399 Å². The van der Waals surface area contributed by atoms with Crippen LogP contribution in [0.4, 0.5) is 0 Å². The second-order valence-corrected chi connectivity index (χ2v) is 28.9. The van der Waals surface area contributed by atoms with Gasteiger partial charge in [0.05, 0.1) is 26.4 Å². The molecule has 19 heteroatoms. The number of carbonyl (C=O) groups excluding carboxylic acids is 4. The van der Waals surface area contributed by atoms with Gasteiger partial charge in [-0.05, 0) is 25.7 Å². The number of esters is 4. The van der Waals surface area contributed by atoms with Gasteiger partial charge < -0.3 is 33.8 Å². The molecule has 3 N–H and O–H groups in total. The van der Waals surface area contributed by atoms with Gasteiger partial charge in [-0.25, -0.2) is 9.13 Å². The van der Waals surface area contributed by atoms with Gasteiger partial charge in [0.2, 0.25) is 0 Å². The molecule has 0 aromatic carbocycles. The molecule has 0 saturated heterocycles. The average molecular weight is 1340 g/mol. The van der Waals surface area contributed by atoms with E-state index < -0.39 is 97.5 Å². The van der Waals surface area contributed by atoms with Gasteiger partial charge in [0.25, 0.3) is 0 Å². The molecular weight excluding hydrogens is 1200 g/mol. The summed E-state index contributed by atoms with van der Waals surface area (Å²) in [5.41, 5.74) is 0. The lowest BCUT2D eigenvalue weighted by atomic mass is 10.0. The van der Waals surface area contributed by atoms with Crippen LogP contribution in [0, 0.1) is 0 Å². The Morgan fingerprint density at radius 1 is 0.264 bits per heavy atom. The Hall–Kier alpha value is -1.94. The lowest BCUT2D eigenvalue weighted by Gasteiger charge is -2.21. The second kappa shape index (κ2) is 66.7. The number of phosphoric ester groups is 2. The predicted molar refractivity (Wildman–Crippen MR) is 368 cm³/mol. The first-order valence-electron chi connectivity index (χ1n) is 37.8. The summed E-state index contributed by atoms with van der Waals surface area (Å²) in [6.45, 7) is 4.93. The van der Waals surface area contributed by atoms with Gasteiger partial charge in [0.15, 0.2) is 12.2 Å². The minimum absolute atomic E-state index is 0.107. The van der Waals surface area contributed by atoms with Crippen molar-refractivity contribution in [1.29, 1.82) is 0 Å². The predicted octanol–water partition coefficient (Wildman–Crippen LogP) is 21.1. The van der Waals surface area contributed by atoms with Crippen molar-refractivity contribution in [3.63, 3.8) is 0 Å². The maximum Gasteiger partial charge on any atom is 0.472 e. The van der Waals surface area contributed by atoms with Crippen LogP contribution in [0.5, 0.6) is 0 Å². The highest BCUT2D eigenvalue weighted by Gasteiger charge is 2.30. The van der Waals surface area contributed by atoms with E-state index in [1.807, 2.05) is 0 Å². The van der Waals surface area contributed by atoms with Crippen LogP contribution in [0.3, 0.4) is 0 Å². The zero-order chi connectivity index (χ0) is 66.8. The zero-order valence-corrected chi connectivity index (χ0v) is 60.6.